The third-order valence-electron chi connectivity index (χ3n) is 21.0. The molecule has 0 aromatic rings. The first-order chi connectivity index (χ1) is 27.9. The molecule has 0 aromatic carbocycles. The van der Waals surface area contributed by atoms with Crippen molar-refractivity contribution in [3.63, 3.8) is 0 Å². The molecule has 1 spiro atoms. The van der Waals surface area contributed by atoms with E-state index in [0.717, 1.165) is 88.7 Å². The monoisotopic (exact) mass is 822 g/mol. The Bertz CT molecular complexity index is 1600. The van der Waals surface area contributed by atoms with E-state index >= 15 is 0 Å². The van der Waals surface area contributed by atoms with Crippen LogP contribution < -0.4 is 11.1 Å². The first-order valence-electron chi connectivity index (χ1n) is 25.2. The van der Waals surface area contributed by atoms with Gasteiger partial charge in [-0.2, -0.15) is 0 Å². The van der Waals surface area contributed by atoms with E-state index in [0.29, 0.717) is 37.2 Å². The predicted octanol–water partition coefficient (Wildman–Crippen LogP) is 7.75. The highest BCUT2D eigenvalue weighted by molar-refractivity contribution is 5.95. The molecule has 0 bridgehead atoms. The van der Waals surface area contributed by atoms with Gasteiger partial charge >= 0.3 is 0 Å². The zero-order valence-corrected chi connectivity index (χ0v) is 38.1. The summed E-state index contributed by atoms with van der Waals surface area (Å²) in [6, 6.07) is 0. The van der Waals surface area contributed by atoms with Gasteiger partial charge in [-0.3, -0.25) is 10.5 Å². The van der Waals surface area contributed by atoms with E-state index in [-0.39, 0.29) is 58.2 Å². The summed E-state index contributed by atoms with van der Waals surface area (Å²) in [6.45, 7) is 15.4. The van der Waals surface area contributed by atoms with Crippen LogP contribution in [0.3, 0.4) is 0 Å². The van der Waals surface area contributed by atoms with Crippen LogP contribution in [-0.4, -0.2) is 75.5 Å². The second-order valence-corrected chi connectivity index (χ2v) is 24.3. The van der Waals surface area contributed by atoms with Gasteiger partial charge in [-0.1, -0.05) is 86.0 Å². The van der Waals surface area contributed by atoms with Gasteiger partial charge < -0.3 is 30.1 Å². The molecule has 2 unspecified atom stereocenters. The van der Waals surface area contributed by atoms with Gasteiger partial charge in [0.1, 0.15) is 24.0 Å². The second-order valence-electron chi connectivity index (χ2n) is 24.3. The minimum Gasteiger partial charge on any atom is -0.393 e. The molecule has 8 fully saturated rings. The molecule has 334 valence electrons. The Labute approximate surface area is 357 Å². The molecular formula is C51H85N2O6+. The molecule has 59 heavy (non-hydrogen) atoms. The number of allylic oxidation sites excluding steroid dienone is 1. The number of epoxide rings is 1. The van der Waals surface area contributed by atoms with E-state index in [2.05, 4.69) is 39.9 Å². The van der Waals surface area contributed by atoms with Crippen LogP contribution in [0.25, 0.3) is 0 Å². The minimum atomic E-state index is -1.12. The Kier molecular flexibility index (Phi) is 11.3. The number of piperidine rings is 1. The van der Waals surface area contributed by atoms with Crippen molar-refractivity contribution in [2.24, 2.45) is 68.8 Å². The molecule has 3 heterocycles. The maximum Gasteiger partial charge on any atom is 0.159 e. The number of aliphatic hydroxyl groups is 3. The summed E-state index contributed by atoms with van der Waals surface area (Å²) < 4.78 is 14.2. The number of ketones is 1. The van der Waals surface area contributed by atoms with Gasteiger partial charge in [0.15, 0.2) is 5.78 Å². The lowest BCUT2D eigenvalue weighted by Crippen LogP contribution is -2.94. The number of carbonyl (C=O) groups excluding carboxylic acids is 1. The average molecular weight is 822 g/mol. The summed E-state index contributed by atoms with van der Waals surface area (Å²) in [5, 5.41) is 40.2. The summed E-state index contributed by atoms with van der Waals surface area (Å²) in [6.07, 6.45) is 24.5. The largest absolute Gasteiger partial charge is 0.393 e. The third-order valence-corrected chi connectivity index (χ3v) is 21.0. The topological polar surface area (TPSA) is 142 Å². The Morgan fingerprint density at radius 1 is 0.898 bits per heavy atom. The molecule has 0 radical (unpaired) electrons. The Balaban J connectivity index is 1.07. The van der Waals surface area contributed by atoms with Crippen molar-refractivity contribution in [1.29, 1.82) is 0 Å². The van der Waals surface area contributed by atoms with Gasteiger partial charge in [0.2, 0.25) is 0 Å². The number of ether oxygens (including phenoxy) is 2. The zero-order valence-electron chi connectivity index (χ0n) is 38.1. The van der Waals surface area contributed by atoms with Crippen LogP contribution in [-0.2, 0) is 14.3 Å². The maximum absolute atomic E-state index is 14.8. The van der Waals surface area contributed by atoms with Gasteiger partial charge in [0.05, 0.1) is 23.9 Å². The molecule has 9 rings (SSSR count). The molecular weight excluding hydrogens is 737 g/mol. The number of nitrogens with two attached hydrogens (primary N) is 2. The average Bonchev–Trinajstić information content (AvgIpc) is 3.81. The highest BCUT2D eigenvalue weighted by Crippen LogP contribution is 2.76. The van der Waals surface area contributed by atoms with Gasteiger partial charge in [-0.25, -0.2) is 0 Å². The normalized spacial score (nSPS) is 48.5. The lowest BCUT2D eigenvalue weighted by atomic mass is 9.37. The zero-order chi connectivity index (χ0) is 41.8. The quantitative estimate of drug-likeness (QED) is 0.142. The Morgan fingerprint density at radius 3 is 2.36 bits per heavy atom. The molecule has 15 atom stereocenters. The summed E-state index contributed by atoms with van der Waals surface area (Å²) in [7, 11) is 0. The van der Waals surface area contributed by atoms with Gasteiger partial charge in [-0.05, 0) is 154 Å². The molecule has 9 aliphatic rings. The summed E-state index contributed by atoms with van der Waals surface area (Å²) in [4.78, 5) is 14.8. The van der Waals surface area contributed by atoms with Crippen molar-refractivity contribution >= 4 is 5.78 Å². The fourth-order valence-corrected chi connectivity index (χ4v) is 17.2. The van der Waals surface area contributed by atoms with Crippen molar-refractivity contribution in [3.05, 3.63) is 11.6 Å². The summed E-state index contributed by atoms with van der Waals surface area (Å²) in [5.74, 6) is 2.29. The van der Waals surface area contributed by atoms with Crippen LogP contribution in [0.5, 0.6) is 0 Å². The third kappa shape index (κ3) is 6.77. The van der Waals surface area contributed by atoms with E-state index in [1.165, 1.54) is 57.8 Å². The van der Waals surface area contributed by atoms with Crippen molar-refractivity contribution in [2.75, 3.05) is 13.2 Å². The van der Waals surface area contributed by atoms with Crippen LogP contribution >= 0.6 is 0 Å². The highest BCUT2D eigenvalue weighted by atomic mass is 16.6. The van der Waals surface area contributed by atoms with E-state index in [1.54, 1.807) is 0 Å². The van der Waals surface area contributed by atoms with Crippen molar-refractivity contribution in [3.8, 4) is 0 Å². The number of carbonyl (C=O) groups is 1. The fraction of sp³-hybridized carbons (Fsp3) is 0.941. The number of hydrogen-bond donors (Lipinski definition) is 5. The molecule has 5 saturated carbocycles. The van der Waals surface area contributed by atoms with Crippen molar-refractivity contribution in [1.82, 2.24) is 0 Å². The van der Waals surface area contributed by atoms with Crippen LogP contribution in [0, 0.1) is 63.1 Å². The van der Waals surface area contributed by atoms with E-state index < -0.39 is 28.3 Å². The van der Waals surface area contributed by atoms with E-state index in [9.17, 15) is 20.1 Å². The standard InChI is InChI=1S/C51H84N2O6/c1-32-19-25-58-50(29-32,44-43(59-44)48(6,56)45(2,3)22-16-34-18-24-53-41(52)26-34)40-17-23-51(57)38-28-39(55)37-27-36(54)31-49(20-10-11-21-49)47(37,5)42(38)35(30-46(40,51)4)15-14-33-12-8-7-9-13-33/h28,32-37,40-44,53-54,56-57H,7-27,29-31,52H2,1-6H3/p+1/t32-,34?,35+,36+,37+,40+,41?,42+,43-,44+,46+,47-,48-,50+,51-/m0/s1. The number of quaternary nitrogens is 1. The number of aliphatic hydroxyl groups excluding tert-OH is 1. The van der Waals surface area contributed by atoms with Crippen LogP contribution in [0.1, 0.15) is 183 Å². The Morgan fingerprint density at radius 2 is 1.64 bits per heavy atom. The predicted molar refractivity (Wildman–Crippen MR) is 231 cm³/mol. The number of rotatable bonds is 10. The van der Waals surface area contributed by atoms with Crippen LogP contribution in [0.2, 0.25) is 0 Å². The smallest absolute Gasteiger partial charge is 0.159 e. The molecule has 8 nitrogen and oxygen atoms in total. The second kappa shape index (κ2) is 15.4. The molecule has 7 N–H and O–H groups in total. The van der Waals surface area contributed by atoms with Crippen molar-refractivity contribution in [2.45, 2.75) is 224 Å². The molecule has 3 saturated heterocycles. The highest BCUT2D eigenvalue weighted by Gasteiger charge is 2.77. The summed E-state index contributed by atoms with van der Waals surface area (Å²) >= 11 is 0. The van der Waals surface area contributed by atoms with Crippen LogP contribution in [0.4, 0.5) is 0 Å². The molecule has 6 aliphatic carbocycles. The lowest BCUT2D eigenvalue weighted by Gasteiger charge is -2.67. The first-order valence-corrected chi connectivity index (χ1v) is 25.2. The van der Waals surface area contributed by atoms with E-state index in [1.807, 2.05) is 13.0 Å². The number of hydrogen-bond acceptors (Lipinski definition) is 7. The summed E-state index contributed by atoms with van der Waals surface area (Å²) in [5.41, 5.74) is 3.36. The lowest BCUT2D eigenvalue weighted by molar-refractivity contribution is -0.699. The van der Waals surface area contributed by atoms with Gasteiger partial charge in [-0.15, -0.1) is 0 Å². The maximum atomic E-state index is 14.8. The fourth-order valence-electron chi connectivity index (χ4n) is 17.2. The molecule has 3 aliphatic heterocycles. The number of fused-ring (bicyclic) bond motifs is 6. The molecule has 8 heteroatoms. The Hall–Kier alpha value is -0.870. The van der Waals surface area contributed by atoms with Gasteiger partial charge in [0, 0.05) is 24.4 Å². The first kappa shape index (κ1) is 43.4. The van der Waals surface area contributed by atoms with E-state index in [4.69, 9.17) is 15.2 Å². The van der Waals surface area contributed by atoms with Crippen LogP contribution in [0.15, 0.2) is 11.6 Å². The van der Waals surface area contributed by atoms with Gasteiger partial charge in [0.25, 0.3) is 0 Å². The van der Waals surface area contributed by atoms with Crippen molar-refractivity contribution < 1.29 is 34.9 Å². The molecule has 0 aromatic heterocycles. The minimum absolute atomic E-state index is 0.0323. The molecule has 0 amide bonds. The SMILES string of the molecule is C[C@H]1CCO[C@@]([C@@H]2O[C@@H]2[C@](C)(O)C(C)(C)CCC2CC[NH2+]C(N)C2)([C@@H]2CC[C@]3(O)C4=CC(=O)[C@H]5C[C@@H](O)CC6(CCCC6)[C@]5(C)[C@@H]4[C@H](CCC4CCCCC4)C[C@]23C)C1.